The minimum Gasteiger partial charge on any atom is -0.497 e. The van der Waals surface area contributed by atoms with Gasteiger partial charge in [0.05, 0.1) is 20.7 Å². The van der Waals surface area contributed by atoms with Crippen molar-refractivity contribution < 1.29 is 14.5 Å². The molecule has 1 aliphatic heterocycles. The van der Waals surface area contributed by atoms with Crippen molar-refractivity contribution in [1.29, 1.82) is 0 Å². The molecule has 3 aromatic rings. The van der Waals surface area contributed by atoms with Gasteiger partial charge in [-0.2, -0.15) is 0 Å². The average molecular weight is 380 g/mol. The Bertz CT molecular complexity index is 871. The van der Waals surface area contributed by atoms with Crippen LogP contribution in [0, 0.1) is 0 Å². The monoisotopic (exact) mass is 380 g/mol. The summed E-state index contributed by atoms with van der Waals surface area (Å²) >= 11 is 0. The summed E-state index contributed by atoms with van der Waals surface area (Å²) in [5.74, 6) is 1.78. The van der Waals surface area contributed by atoms with Gasteiger partial charge in [0.15, 0.2) is 6.04 Å². The zero-order valence-corrected chi connectivity index (χ0v) is 16.5. The first-order valence-electron chi connectivity index (χ1n) is 9.84. The van der Waals surface area contributed by atoms with E-state index >= 15 is 0 Å². The van der Waals surface area contributed by atoms with E-state index in [1.54, 1.807) is 12.0 Å². The van der Waals surface area contributed by atoms with E-state index in [9.17, 15) is 0 Å². The van der Waals surface area contributed by atoms with Crippen LogP contribution >= 0.6 is 0 Å². The Morgan fingerprint density at radius 2 is 1.71 bits per heavy atom. The predicted molar refractivity (Wildman–Crippen MR) is 106 cm³/mol. The number of piperazine rings is 1. The van der Waals surface area contributed by atoms with Crippen molar-refractivity contribution in [2.75, 3.05) is 40.3 Å². The van der Waals surface area contributed by atoms with E-state index in [0.29, 0.717) is 6.54 Å². The molecule has 146 valence electrons. The second-order valence-electron chi connectivity index (χ2n) is 7.50. The van der Waals surface area contributed by atoms with Gasteiger partial charge in [-0.3, -0.25) is 0 Å². The molecule has 0 bridgehead atoms. The van der Waals surface area contributed by atoms with Gasteiger partial charge >= 0.3 is 0 Å². The van der Waals surface area contributed by atoms with E-state index in [2.05, 4.69) is 59.0 Å². The molecule has 2 heterocycles. The number of hydrogen-bond acceptors (Lipinski definition) is 4. The fourth-order valence-electron chi connectivity index (χ4n) is 3.94. The molecule has 0 saturated carbocycles. The first kappa shape index (κ1) is 18.6. The molecule has 1 atom stereocenters. The van der Waals surface area contributed by atoms with Gasteiger partial charge in [-0.1, -0.05) is 30.3 Å². The molecule has 1 aromatic heterocycles. The van der Waals surface area contributed by atoms with E-state index in [1.807, 2.05) is 22.9 Å². The number of likely N-dealkylation sites (N-methyl/N-ethyl adjacent to an activating group) is 1. The van der Waals surface area contributed by atoms with Gasteiger partial charge in [-0.15, -0.1) is 5.10 Å². The molecule has 28 heavy (non-hydrogen) atoms. The van der Waals surface area contributed by atoms with Crippen molar-refractivity contribution in [2.24, 2.45) is 0 Å². The van der Waals surface area contributed by atoms with Crippen LogP contribution in [0.1, 0.15) is 23.0 Å². The van der Waals surface area contributed by atoms with Crippen molar-refractivity contribution in [1.82, 2.24) is 20.2 Å². The van der Waals surface area contributed by atoms with Crippen LogP contribution in [-0.4, -0.2) is 60.5 Å². The first-order valence-corrected chi connectivity index (χ1v) is 9.84. The van der Waals surface area contributed by atoms with Crippen molar-refractivity contribution >= 4 is 0 Å². The third kappa shape index (κ3) is 4.05. The lowest BCUT2D eigenvalue weighted by molar-refractivity contribution is -1.02. The van der Waals surface area contributed by atoms with Gasteiger partial charge in [-0.25, -0.2) is 4.68 Å². The summed E-state index contributed by atoms with van der Waals surface area (Å²) < 4.78 is 7.29. The second kappa shape index (κ2) is 8.50. The number of benzene rings is 2. The van der Waals surface area contributed by atoms with Crippen LogP contribution in [-0.2, 0) is 6.54 Å². The fourth-order valence-corrected chi connectivity index (χ4v) is 3.94. The molecule has 0 spiro atoms. The average Bonchev–Trinajstić information content (AvgIpc) is 3.18. The summed E-state index contributed by atoms with van der Waals surface area (Å²) in [4.78, 5) is 3.10. The molecule has 7 nitrogen and oxygen atoms in total. The standard InChI is InChI=1S/C21H26N6O/c1-25-12-14-26(15-13-25)20(18-8-10-19(28-2)11-9-18)21-22-23-24-27(21)16-17-6-4-3-5-7-17/h3-11,20H,12-16H2,1-2H3/p+2/t20-/m1/s1. The van der Waals surface area contributed by atoms with E-state index < -0.39 is 0 Å². The summed E-state index contributed by atoms with van der Waals surface area (Å²) in [6, 6.07) is 18.8. The predicted octanol–water partition coefficient (Wildman–Crippen LogP) is -0.767. The molecule has 1 fully saturated rings. The minimum atomic E-state index is 0.109. The quantitative estimate of drug-likeness (QED) is 0.590. The van der Waals surface area contributed by atoms with Gasteiger partial charge in [0.1, 0.15) is 31.9 Å². The Kier molecular flexibility index (Phi) is 5.64. The zero-order chi connectivity index (χ0) is 19.3. The zero-order valence-electron chi connectivity index (χ0n) is 16.5. The molecule has 1 saturated heterocycles. The molecular weight excluding hydrogens is 352 g/mol. The molecule has 4 rings (SSSR count). The van der Waals surface area contributed by atoms with Crippen LogP contribution in [0.4, 0.5) is 0 Å². The lowest BCUT2D eigenvalue weighted by Gasteiger charge is -2.32. The number of hydrogen-bond donors (Lipinski definition) is 2. The summed E-state index contributed by atoms with van der Waals surface area (Å²) in [6.45, 7) is 5.18. The highest BCUT2D eigenvalue weighted by Crippen LogP contribution is 2.21. The Morgan fingerprint density at radius 1 is 1.00 bits per heavy atom. The van der Waals surface area contributed by atoms with Crippen LogP contribution in [0.25, 0.3) is 0 Å². The maximum Gasteiger partial charge on any atom is 0.214 e. The topological polar surface area (TPSA) is 61.7 Å². The number of tetrazole rings is 1. The highest BCUT2D eigenvalue weighted by Gasteiger charge is 2.34. The van der Waals surface area contributed by atoms with Gasteiger partial charge in [0.2, 0.25) is 5.82 Å². The van der Waals surface area contributed by atoms with Crippen molar-refractivity contribution in [2.45, 2.75) is 12.6 Å². The number of rotatable bonds is 6. The van der Waals surface area contributed by atoms with E-state index in [1.165, 1.54) is 16.0 Å². The Labute approximate surface area is 165 Å². The van der Waals surface area contributed by atoms with Crippen molar-refractivity contribution in [3.63, 3.8) is 0 Å². The number of methoxy groups -OCH3 is 1. The van der Waals surface area contributed by atoms with E-state index in [-0.39, 0.29) is 6.04 Å². The SMILES string of the molecule is COc1ccc([C@H](c2nnnn2Cc2ccccc2)[NH+]2CC[NH+](C)CC2)cc1. The molecule has 1 aliphatic rings. The molecule has 0 aliphatic carbocycles. The third-order valence-corrected chi connectivity index (χ3v) is 5.60. The van der Waals surface area contributed by atoms with Crippen molar-refractivity contribution in [3.05, 3.63) is 71.5 Å². The first-order chi connectivity index (χ1) is 13.7. The maximum absolute atomic E-state index is 5.35. The summed E-state index contributed by atoms with van der Waals surface area (Å²) in [5.41, 5.74) is 2.42. The Hall–Kier alpha value is -2.77. The number of ether oxygens (including phenoxy) is 1. The molecule has 2 aromatic carbocycles. The van der Waals surface area contributed by atoms with Gasteiger partial charge in [0.25, 0.3) is 0 Å². The number of quaternary nitrogens is 2. The van der Waals surface area contributed by atoms with Crippen LogP contribution in [0.2, 0.25) is 0 Å². The minimum absolute atomic E-state index is 0.109. The second-order valence-corrected chi connectivity index (χ2v) is 7.50. The lowest BCUT2D eigenvalue weighted by atomic mass is 10.0. The fraction of sp³-hybridized carbons (Fsp3) is 0.381. The normalized spacial score (nSPS) is 20.6. The van der Waals surface area contributed by atoms with Gasteiger partial charge in [-0.05, 0) is 40.3 Å². The van der Waals surface area contributed by atoms with Gasteiger partial charge < -0.3 is 14.5 Å². The summed E-state index contributed by atoms with van der Waals surface area (Å²) in [5, 5.41) is 12.8. The number of aromatic nitrogens is 4. The van der Waals surface area contributed by atoms with Crippen LogP contribution in [0.3, 0.4) is 0 Å². The summed E-state index contributed by atoms with van der Waals surface area (Å²) in [7, 11) is 3.96. The number of nitrogens with one attached hydrogen (secondary N) is 2. The summed E-state index contributed by atoms with van der Waals surface area (Å²) in [6.07, 6.45) is 0. The maximum atomic E-state index is 5.35. The smallest absolute Gasteiger partial charge is 0.214 e. The largest absolute Gasteiger partial charge is 0.497 e. The van der Waals surface area contributed by atoms with Crippen LogP contribution < -0.4 is 14.5 Å². The molecule has 2 N–H and O–H groups in total. The molecular formula is C21H28N6O+2. The molecule has 0 amide bonds. The third-order valence-electron chi connectivity index (χ3n) is 5.60. The Balaban J connectivity index is 1.68. The highest BCUT2D eigenvalue weighted by molar-refractivity contribution is 5.30. The number of nitrogens with zero attached hydrogens (tertiary/aromatic N) is 4. The van der Waals surface area contributed by atoms with E-state index in [4.69, 9.17) is 4.74 Å². The van der Waals surface area contributed by atoms with Crippen LogP contribution in [0.5, 0.6) is 5.75 Å². The molecule has 7 heteroatoms. The molecule has 0 unspecified atom stereocenters. The Morgan fingerprint density at radius 3 is 2.39 bits per heavy atom. The van der Waals surface area contributed by atoms with E-state index in [0.717, 1.165) is 37.8 Å². The molecule has 0 radical (unpaired) electrons. The lowest BCUT2D eigenvalue weighted by Crippen LogP contribution is -3.27. The van der Waals surface area contributed by atoms with Gasteiger partial charge in [0, 0.05) is 5.56 Å². The van der Waals surface area contributed by atoms with Crippen LogP contribution in [0.15, 0.2) is 54.6 Å². The van der Waals surface area contributed by atoms with Crippen molar-refractivity contribution in [3.8, 4) is 5.75 Å². The highest BCUT2D eigenvalue weighted by atomic mass is 16.5.